The molecule has 0 aromatic heterocycles. The Morgan fingerprint density at radius 3 is 2.82 bits per heavy atom. The predicted molar refractivity (Wildman–Crippen MR) is 45.8 cm³/mol. The second kappa shape index (κ2) is 2.43. The van der Waals surface area contributed by atoms with E-state index in [0.717, 1.165) is 5.70 Å². The fourth-order valence-corrected chi connectivity index (χ4v) is 2.32. The van der Waals surface area contributed by atoms with Crippen LogP contribution in [-0.4, -0.2) is 6.04 Å². The summed E-state index contributed by atoms with van der Waals surface area (Å²) in [5.41, 5.74) is 8.29. The summed E-state index contributed by atoms with van der Waals surface area (Å²) < 4.78 is 0. The van der Waals surface area contributed by atoms with Crippen LogP contribution in [-0.2, 0) is 0 Å². The molecule has 62 valence electrons. The molecule has 1 heterocycles. The van der Waals surface area contributed by atoms with Crippen molar-refractivity contribution in [2.45, 2.75) is 38.6 Å². The molecule has 0 amide bonds. The molecule has 0 bridgehead atoms. The monoisotopic (exact) mass is 152 g/mol. The van der Waals surface area contributed by atoms with Crippen LogP contribution in [0.2, 0.25) is 0 Å². The topological polar surface area (TPSA) is 38.0 Å². The van der Waals surface area contributed by atoms with Crippen molar-refractivity contribution in [3.8, 4) is 0 Å². The molecule has 2 nitrogen and oxygen atoms in total. The summed E-state index contributed by atoms with van der Waals surface area (Å²) in [6, 6.07) is 0.670. The van der Waals surface area contributed by atoms with E-state index in [1.165, 1.54) is 31.4 Å². The van der Waals surface area contributed by atoms with Crippen LogP contribution in [0.3, 0.4) is 0 Å². The van der Waals surface area contributed by atoms with Gasteiger partial charge in [-0.05, 0) is 19.8 Å². The van der Waals surface area contributed by atoms with Crippen LogP contribution in [0.5, 0.6) is 0 Å². The summed E-state index contributed by atoms with van der Waals surface area (Å²) in [4.78, 5) is 0. The first-order valence-electron chi connectivity index (χ1n) is 4.52. The molecular formula is C9H16N2. The Hall–Kier alpha value is -0.660. The first kappa shape index (κ1) is 7.01. The van der Waals surface area contributed by atoms with E-state index in [0.29, 0.717) is 12.0 Å². The first-order valence-corrected chi connectivity index (χ1v) is 4.52. The van der Waals surface area contributed by atoms with Crippen molar-refractivity contribution >= 4 is 0 Å². The Kier molecular flexibility index (Phi) is 1.55. The summed E-state index contributed by atoms with van der Waals surface area (Å²) in [7, 11) is 0. The molecule has 0 radical (unpaired) electrons. The van der Waals surface area contributed by atoms with Crippen molar-refractivity contribution in [2.24, 2.45) is 11.7 Å². The molecule has 11 heavy (non-hydrogen) atoms. The van der Waals surface area contributed by atoms with Crippen molar-refractivity contribution in [1.29, 1.82) is 0 Å². The lowest BCUT2D eigenvalue weighted by atomic mass is 9.85. The van der Waals surface area contributed by atoms with Crippen molar-refractivity contribution in [3.63, 3.8) is 0 Å². The van der Waals surface area contributed by atoms with Crippen molar-refractivity contribution in [3.05, 3.63) is 11.4 Å². The van der Waals surface area contributed by atoms with Crippen LogP contribution >= 0.6 is 0 Å². The van der Waals surface area contributed by atoms with Gasteiger partial charge in [-0.3, -0.25) is 0 Å². The molecule has 0 aromatic rings. The molecule has 3 N–H and O–H groups in total. The van der Waals surface area contributed by atoms with E-state index in [-0.39, 0.29) is 0 Å². The van der Waals surface area contributed by atoms with Gasteiger partial charge in [0.15, 0.2) is 0 Å². The maximum atomic E-state index is 5.95. The summed E-state index contributed by atoms with van der Waals surface area (Å²) in [5, 5.41) is 3.46. The van der Waals surface area contributed by atoms with E-state index in [2.05, 4.69) is 12.2 Å². The third kappa shape index (κ3) is 1.01. The molecule has 2 heteroatoms. The molecule has 0 aromatic carbocycles. The Morgan fingerprint density at radius 1 is 1.36 bits per heavy atom. The minimum atomic E-state index is 0.656. The Morgan fingerprint density at radius 2 is 2.09 bits per heavy atom. The number of nitrogens with one attached hydrogen (secondary N) is 1. The van der Waals surface area contributed by atoms with Gasteiger partial charge >= 0.3 is 0 Å². The van der Waals surface area contributed by atoms with Gasteiger partial charge in [-0.2, -0.15) is 0 Å². The van der Waals surface area contributed by atoms with Crippen LogP contribution in [0.4, 0.5) is 0 Å². The molecule has 1 aliphatic carbocycles. The molecule has 1 fully saturated rings. The molecule has 0 spiro atoms. The van der Waals surface area contributed by atoms with Crippen LogP contribution < -0.4 is 11.1 Å². The van der Waals surface area contributed by atoms with Gasteiger partial charge in [0.25, 0.3) is 0 Å². The number of allylic oxidation sites excluding steroid dienone is 1. The zero-order valence-electron chi connectivity index (χ0n) is 7.06. The quantitative estimate of drug-likeness (QED) is 0.549. The lowest BCUT2D eigenvalue weighted by Crippen LogP contribution is -2.32. The molecule has 2 unspecified atom stereocenters. The van der Waals surface area contributed by atoms with Gasteiger partial charge in [0.2, 0.25) is 0 Å². The van der Waals surface area contributed by atoms with Gasteiger partial charge in [-0.25, -0.2) is 0 Å². The summed E-state index contributed by atoms with van der Waals surface area (Å²) in [6.07, 6.45) is 5.33. The normalized spacial score (nSPS) is 36.8. The number of fused-ring (bicyclic) bond motifs is 1. The Labute approximate surface area is 67.8 Å². The molecular weight excluding hydrogens is 136 g/mol. The predicted octanol–water partition coefficient (Wildman–Crippen LogP) is 1.34. The van der Waals surface area contributed by atoms with Gasteiger partial charge in [0.1, 0.15) is 0 Å². The smallest absolute Gasteiger partial charge is 0.0342 e. The number of nitrogens with two attached hydrogens (primary N) is 1. The highest BCUT2D eigenvalue weighted by atomic mass is 15.0. The maximum Gasteiger partial charge on any atom is 0.0342 e. The zero-order valence-corrected chi connectivity index (χ0v) is 7.06. The van der Waals surface area contributed by atoms with Gasteiger partial charge in [-0.15, -0.1) is 0 Å². The number of hydrogen-bond donors (Lipinski definition) is 2. The lowest BCUT2D eigenvalue weighted by molar-refractivity contribution is 0.338. The van der Waals surface area contributed by atoms with E-state index < -0.39 is 0 Å². The maximum absolute atomic E-state index is 5.95. The van der Waals surface area contributed by atoms with E-state index >= 15 is 0 Å². The molecule has 2 aliphatic rings. The minimum absolute atomic E-state index is 0.656. The first-order chi connectivity index (χ1) is 5.29. The van der Waals surface area contributed by atoms with Crippen molar-refractivity contribution < 1.29 is 0 Å². The fraction of sp³-hybridized carbons (Fsp3) is 0.778. The Balaban J connectivity index is 2.15. The van der Waals surface area contributed by atoms with E-state index in [1.54, 1.807) is 0 Å². The SMILES string of the molecule is CC1=C(N)C2CCCCC2N1. The summed E-state index contributed by atoms with van der Waals surface area (Å²) in [6.45, 7) is 2.09. The third-order valence-electron chi connectivity index (χ3n) is 3.00. The standard InChI is InChI=1S/C9H16N2/c1-6-9(10)7-4-2-3-5-8(7)11-6/h7-8,11H,2-5,10H2,1H3. The summed E-state index contributed by atoms with van der Waals surface area (Å²) in [5.74, 6) is 0.656. The average molecular weight is 152 g/mol. The molecule has 2 rings (SSSR count). The van der Waals surface area contributed by atoms with E-state index in [9.17, 15) is 0 Å². The number of rotatable bonds is 0. The molecule has 0 saturated heterocycles. The number of hydrogen-bond acceptors (Lipinski definition) is 2. The van der Waals surface area contributed by atoms with Gasteiger partial charge < -0.3 is 11.1 Å². The Bertz CT molecular complexity index is 196. The second-order valence-corrected chi connectivity index (χ2v) is 3.72. The highest BCUT2D eigenvalue weighted by Gasteiger charge is 2.32. The lowest BCUT2D eigenvalue weighted by Gasteiger charge is -2.25. The van der Waals surface area contributed by atoms with Crippen LogP contribution in [0.15, 0.2) is 11.4 Å². The van der Waals surface area contributed by atoms with Gasteiger partial charge in [0, 0.05) is 23.4 Å². The zero-order chi connectivity index (χ0) is 7.84. The molecule has 1 saturated carbocycles. The van der Waals surface area contributed by atoms with Crippen LogP contribution in [0.1, 0.15) is 32.6 Å². The molecule has 2 atom stereocenters. The summed E-state index contributed by atoms with van der Waals surface area (Å²) >= 11 is 0. The van der Waals surface area contributed by atoms with Crippen LogP contribution in [0.25, 0.3) is 0 Å². The van der Waals surface area contributed by atoms with Gasteiger partial charge in [-0.1, -0.05) is 12.8 Å². The molecule has 1 aliphatic heterocycles. The van der Waals surface area contributed by atoms with Crippen molar-refractivity contribution in [1.82, 2.24) is 5.32 Å². The highest BCUT2D eigenvalue weighted by molar-refractivity contribution is 5.21. The second-order valence-electron chi connectivity index (χ2n) is 3.72. The highest BCUT2D eigenvalue weighted by Crippen LogP contribution is 2.33. The largest absolute Gasteiger partial charge is 0.400 e. The van der Waals surface area contributed by atoms with Crippen LogP contribution in [0, 0.1) is 5.92 Å². The third-order valence-corrected chi connectivity index (χ3v) is 3.00. The van der Waals surface area contributed by atoms with Gasteiger partial charge in [0.05, 0.1) is 0 Å². The van der Waals surface area contributed by atoms with Crippen molar-refractivity contribution in [2.75, 3.05) is 0 Å². The van der Waals surface area contributed by atoms with E-state index in [1.807, 2.05) is 0 Å². The average Bonchev–Trinajstić information content (AvgIpc) is 2.30. The fourth-order valence-electron chi connectivity index (χ4n) is 2.32. The van der Waals surface area contributed by atoms with E-state index in [4.69, 9.17) is 5.73 Å². The minimum Gasteiger partial charge on any atom is -0.400 e.